The van der Waals surface area contributed by atoms with Gasteiger partial charge in [-0.15, -0.1) is 0 Å². The summed E-state index contributed by atoms with van der Waals surface area (Å²) in [6.45, 7) is 4.39. The summed E-state index contributed by atoms with van der Waals surface area (Å²) < 4.78 is 0. The lowest BCUT2D eigenvalue weighted by atomic mass is 10.0. The van der Waals surface area contributed by atoms with Gasteiger partial charge in [0.1, 0.15) is 6.04 Å². The maximum Gasteiger partial charge on any atom is 0.237 e. The number of carbonyl (C=O) groups excluding carboxylic acids is 2. The number of nitrogens with two attached hydrogens (primary N) is 1. The number of carbonyl (C=O) groups is 2. The molecule has 0 aliphatic carbocycles. The Morgan fingerprint density at radius 3 is 2.78 bits per heavy atom. The van der Waals surface area contributed by atoms with Gasteiger partial charge >= 0.3 is 0 Å². The molecule has 3 N–H and O–H groups in total. The van der Waals surface area contributed by atoms with Gasteiger partial charge in [-0.25, -0.2) is 0 Å². The highest BCUT2D eigenvalue weighted by molar-refractivity contribution is 5.79. The molecule has 1 atom stereocenters. The average Bonchev–Trinajstić information content (AvgIpc) is 2.72. The number of nitriles is 1. The zero-order chi connectivity index (χ0) is 13.8. The quantitative estimate of drug-likeness (QED) is 0.704. The van der Waals surface area contributed by atoms with Crippen molar-refractivity contribution in [2.45, 2.75) is 44.7 Å². The number of nitrogens with zero attached hydrogens (tertiary/aromatic N) is 2. The molecule has 6 heteroatoms. The lowest BCUT2D eigenvalue weighted by Crippen LogP contribution is -2.49. The van der Waals surface area contributed by atoms with Crippen LogP contribution in [0.15, 0.2) is 0 Å². The van der Waals surface area contributed by atoms with Crippen molar-refractivity contribution in [1.29, 1.82) is 5.26 Å². The fourth-order valence-corrected chi connectivity index (χ4v) is 2.11. The van der Waals surface area contributed by atoms with Crippen LogP contribution in [-0.2, 0) is 9.59 Å². The van der Waals surface area contributed by atoms with Crippen molar-refractivity contribution in [2.24, 2.45) is 5.73 Å². The Labute approximate surface area is 107 Å². The van der Waals surface area contributed by atoms with Crippen LogP contribution in [0.1, 0.15) is 33.1 Å². The van der Waals surface area contributed by atoms with E-state index in [4.69, 9.17) is 11.0 Å². The van der Waals surface area contributed by atoms with Crippen LogP contribution in [0.3, 0.4) is 0 Å². The van der Waals surface area contributed by atoms with Gasteiger partial charge in [-0.2, -0.15) is 5.26 Å². The van der Waals surface area contributed by atoms with E-state index >= 15 is 0 Å². The highest BCUT2D eigenvalue weighted by Crippen LogP contribution is 2.16. The van der Waals surface area contributed by atoms with E-state index in [0.29, 0.717) is 6.54 Å². The normalized spacial score (nSPS) is 19.6. The van der Waals surface area contributed by atoms with E-state index in [1.165, 1.54) is 0 Å². The van der Waals surface area contributed by atoms with E-state index < -0.39 is 11.4 Å². The number of rotatable bonds is 5. The van der Waals surface area contributed by atoms with Gasteiger partial charge in [-0.05, 0) is 26.7 Å². The third-order valence-corrected chi connectivity index (χ3v) is 3.06. The molecule has 1 fully saturated rings. The Bertz CT molecular complexity index is 373. The molecule has 0 aromatic carbocycles. The molecule has 0 spiro atoms. The summed E-state index contributed by atoms with van der Waals surface area (Å²) in [6.07, 6.45) is 1.78. The zero-order valence-electron chi connectivity index (χ0n) is 10.9. The Hall–Kier alpha value is -1.61. The molecule has 100 valence electrons. The molecule has 1 unspecified atom stereocenters. The summed E-state index contributed by atoms with van der Waals surface area (Å²) in [5, 5.41) is 11.9. The van der Waals surface area contributed by atoms with Crippen molar-refractivity contribution in [3.8, 4) is 6.07 Å². The maximum absolute atomic E-state index is 11.9. The topological polar surface area (TPSA) is 99.2 Å². The van der Waals surface area contributed by atoms with Crippen molar-refractivity contribution >= 4 is 11.8 Å². The van der Waals surface area contributed by atoms with Gasteiger partial charge in [0, 0.05) is 18.5 Å². The van der Waals surface area contributed by atoms with Gasteiger partial charge in [0.05, 0.1) is 12.6 Å². The van der Waals surface area contributed by atoms with Crippen LogP contribution < -0.4 is 11.1 Å². The van der Waals surface area contributed by atoms with E-state index in [9.17, 15) is 9.59 Å². The van der Waals surface area contributed by atoms with Crippen molar-refractivity contribution in [2.75, 3.05) is 13.1 Å². The lowest BCUT2D eigenvalue weighted by Gasteiger charge is -2.27. The highest BCUT2D eigenvalue weighted by Gasteiger charge is 2.29. The summed E-state index contributed by atoms with van der Waals surface area (Å²) in [6, 6.07) is 1.82. The summed E-state index contributed by atoms with van der Waals surface area (Å²) in [5.74, 6) is -0.507. The molecule has 0 bridgehead atoms. The molecule has 6 nitrogen and oxygen atoms in total. The van der Waals surface area contributed by atoms with Gasteiger partial charge in [0.15, 0.2) is 0 Å². The number of primary amides is 1. The molecule has 18 heavy (non-hydrogen) atoms. The number of likely N-dealkylation sites (tertiary alicyclic amines) is 1. The summed E-state index contributed by atoms with van der Waals surface area (Å²) in [7, 11) is 0. The summed E-state index contributed by atoms with van der Waals surface area (Å²) >= 11 is 0. The molecule has 0 aromatic rings. The number of amides is 2. The molecular weight excluding hydrogens is 232 g/mol. The molecule has 1 rings (SSSR count). The first-order valence-corrected chi connectivity index (χ1v) is 6.08. The fourth-order valence-electron chi connectivity index (χ4n) is 2.11. The highest BCUT2D eigenvalue weighted by atomic mass is 16.2. The minimum atomic E-state index is -0.511. The molecule has 1 aliphatic heterocycles. The van der Waals surface area contributed by atoms with Crippen LogP contribution in [0.5, 0.6) is 0 Å². The second kappa shape index (κ2) is 5.83. The third kappa shape index (κ3) is 4.00. The molecule has 2 amide bonds. The average molecular weight is 252 g/mol. The van der Waals surface area contributed by atoms with Crippen LogP contribution in [0.2, 0.25) is 0 Å². The summed E-state index contributed by atoms with van der Waals surface area (Å²) in [4.78, 5) is 24.4. The number of hydrogen-bond donors (Lipinski definition) is 2. The second-order valence-corrected chi connectivity index (χ2v) is 5.25. The van der Waals surface area contributed by atoms with Crippen molar-refractivity contribution in [3.63, 3.8) is 0 Å². The van der Waals surface area contributed by atoms with Gasteiger partial charge in [-0.1, -0.05) is 0 Å². The molecule has 1 aliphatic rings. The minimum Gasteiger partial charge on any atom is -0.370 e. The molecule has 1 saturated heterocycles. The van der Waals surface area contributed by atoms with Crippen LogP contribution >= 0.6 is 0 Å². The second-order valence-electron chi connectivity index (χ2n) is 5.25. The Morgan fingerprint density at radius 1 is 1.56 bits per heavy atom. The van der Waals surface area contributed by atoms with Gasteiger partial charge in [0.25, 0.3) is 0 Å². The predicted molar refractivity (Wildman–Crippen MR) is 66.2 cm³/mol. The summed E-state index contributed by atoms with van der Waals surface area (Å²) in [5.41, 5.74) is 4.62. The largest absolute Gasteiger partial charge is 0.370 e. The lowest BCUT2D eigenvalue weighted by molar-refractivity contribution is -0.131. The number of nitrogens with one attached hydrogen (secondary N) is 1. The number of hydrogen-bond acceptors (Lipinski definition) is 4. The van der Waals surface area contributed by atoms with E-state index in [-0.39, 0.29) is 24.9 Å². The first-order valence-electron chi connectivity index (χ1n) is 6.08. The third-order valence-electron chi connectivity index (χ3n) is 3.06. The smallest absolute Gasteiger partial charge is 0.237 e. The minimum absolute atomic E-state index is 0.100. The molecule has 0 saturated carbocycles. The Balaban J connectivity index is 2.46. The van der Waals surface area contributed by atoms with E-state index in [0.717, 1.165) is 12.8 Å². The van der Waals surface area contributed by atoms with Gasteiger partial charge in [-0.3, -0.25) is 9.59 Å². The molecular formula is C12H20N4O2. The Kier molecular flexibility index (Phi) is 4.68. The fraction of sp³-hybridized carbons (Fsp3) is 0.750. The van der Waals surface area contributed by atoms with E-state index in [2.05, 4.69) is 11.4 Å². The monoisotopic (exact) mass is 252 g/mol. The van der Waals surface area contributed by atoms with Crippen molar-refractivity contribution in [3.05, 3.63) is 0 Å². The molecule has 0 aromatic heterocycles. The Morgan fingerprint density at radius 2 is 2.22 bits per heavy atom. The SMILES string of the molecule is CC(C)(CC(N)=O)NCC(=O)N1CCCC1C#N. The standard InChI is InChI=1S/C12H20N4O2/c1-12(2,6-10(14)17)15-8-11(18)16-5-3-4-9(16)7-13/h9,15H,3-6,8H2,1-2H3,(H2,14,17). The molecule has 1 heterocycles. The van der Waals surface area contributed by atoms with Crippen molar-refractivity contribution in [1.82, 2.24) is 10.2 Å². The van der Waals surface area contributed by atoms with Crippen LogP contribution in [0.4, 0.5) is 0 Å². The van der Waals surface area contributed by atoms with E-state index in [1.54, 1.807) is 4.90 Å². The zero-order valence-corrected chi connectivity index (χ0v) is 10.9. The van der Waals surface area contributed by atoms with Crippen LogP contribution in [-0.4, -0.2) is 41.4 Å². The first kappa shape index (κ1) is 14.5. The van der Waals surface area contributed by atoms with E-state index in [1.807, 2.05) is 13.8 Å². The molecule has 0 radical (unpaired) electrons. The van der Waals surface area contributed by atoms with Crippen LogP contribution in [0.25, 0.3) is 0 Å². The first-order chi connectivity index (χ1) is 8.35. The predicted octanol–water partition coefficient (Wildman–Crippen LogP) is -0.255. The van der Waals surface area contributed by atoms with Crippen molar-refractivity contribution < 1.29 is 9.59 Å². The maximum atomic E-state index is 11.9. The van der Waals surface area contributed by atoms with Gasteiger partial charge < -0.3 is 16.0 Å². The van der Waals surface area contributed by atoms with Gasteiger partial charge in [0.2, 0.25) is 11.8 Å². The van der Waals surface area contributed by atoms with Crippen LogP contribution in [0, 0.1) is 11.3 Å².